The molecule has 1 aliphatic heterocycles. The number of hydrogen-bond acceptors (Lipinski definition) is 5. The lowest BCUT2D eigenvalue weighted by Crippen LogP contribution is -2.56. The van der Waals surface area contributed by atoms with Gasteiger partial charge in [-0.15, -0.1) is 0 Å². The fourth-order valence-corrected chi connectivity index (χ4v) is 3.63. The summed E-state index contributed by atoms with van der Waals surface area (Å²) in [7, 11) is 0. The molecule has 0 aromatic rings. The number of carbonyl (C=O) groups is 2. The minimum Gasteiger partial charge on any atom is -0.383 e. The van der Waals surface area contributed by atoms with E-state index in [1.54, 1.807) is 13.8 Å². The molecule has 0 aromatic carbocycles. The molecule has 0 aromatic heterocycles. The first-order valence-electron chi connectivity index (χ1n) is 10.2. The van der Waals surface area contributed by atoms with Crippen molar-refractivity contribution >= 4 is 11.8 Å². The molecule has 3 N–H and O–H groups in total. The Kier molecular flexibility index (Phi) is 7.65. The molecule has 1 heterocycles. The van der Waals surface area contributed by atoms with Gasteiger partial charge < -0.3 is 25.2 Å². The van der Waals surface area contributed by atoms with Gasteiger partial charge >= 0.3 is 0 Å². The minimum atomic E-state index is -1.12. The molecule has 0 radical (unpaired) electrons. The zero-order valence-electron chi connectivity index (χ0n) is 17.2. The first kappa shape index (κ1) is 22.1. The van der Waals surface area contributed by atoms with E-state index < -0.39 is 23.4 Å². The van der Waals surface area contributed by atoms with Crippen LogP contribution in [-0.4, -0.2) is 54.6 Å². The van der Waals surface area contributed by atoms with E-state index in [0.717, 1.165) is 12.8 Å². The van der Waals surface area contributed by atoms with Crippen LogP contribution in [0.1, 0.15) is 66.2 Å². The summed E-state index contributed by atoms with van der Waals surface area (Å²) < 4.78 is 11.4. The van der Waals surface area contributed by atoms with Crippen LogP contribution in [0.3, 0.4) is 0 Å². The molecule has 156 valence electrons. The second-order valence-electron chi connectivity index (χ2n) is 9.02. The molecular weight excluding hydrogens is 348 g/mol. The molecule has 27 heavy (non-hydrogen) atoms. The molecule has 1 saturated carbocycles. The smallest absolute Gasteiger partial charge is 0.249 e. The zero-order chi connectivity index (χ0) is 20.1. The van der Waals surface area contributed by atoms with Crippen molar-refractivity contribution in [3.63, 3.8) is 0 Å². The predicted octanol–water partition coefficient (Wildman–Crippen LogP) is 1.73. The van der Waals surface area contributed by atoms with Crippen LogP contribution in [0.25, 0.3) is 0 Å². The fourth-order valence-electron chi connectivity index (χ4n) is 3.63. The fraction of sp³-hybridized carbons (Fsp3) is 0.900. The standard InChI is InChI=1S/C20H36N2O5/c1-19(2)13-26-20(3,4)27-16(19)18(25)21-11-10-15(23)17(24)22-12-14-8-6-5-7-9-14/h14-16,23H,5-13H2,1-4H3,(H,21,25)(H,22,24)/t15-,16+/m1/s1. The molecule has 7 nitrogen and oxygen atoms in total. The molecule has 0 unspecified atom stereocenters. The molecule has 2 aliphatic rings. The van der Waals surface area contributed by atoms with E-state index in [9.17, 15) is 14.7 Å². The van der Waals surface area contributed by atoms with Gasteiger partial charge in [-0.05, 0) is 39.0 Å². The van der Waals surface area contributed by atoms with Crippen molar-refractivity contribution in [3.8, 4) is 0 Å². The van der Waals surface area contributed by atoms with Crippen molar-refractivity contribution in [2.24, 2.45) is 11.3 Å². The first-order valence-corrected chi connectivity index (χ1v) is 10.2. The van der Waals surface area contributed by atoms with E-state index in [1.807, 2.05) is 13.8 Å². The Labute approximate surface area is 162 Å². The highest BCUT2D eigenvalue weighted by molar-refractivity contribution is 5.82. The van der Waals surface area contributed by atoms with Crippen molar-refractivity contribution < 1.29 is 24.2 Å². The molecule has 7 heteroatoms. The van der Waals surface area contributed by atoms with Gasteiger partial charge in [0, 0.05) is 18.5 Å². The highest BCUT2D eigenvalue weighted by Crippen LogP contribution is 2.34. The summed E-state index contributed by atoms with van der Waals surface area (Å²) in [5.74, 6) is -0.897. The normalized spacial score (nSPS) is 26.2. The third-order valence-corrected chi connectivity index (χ3v) is 5.45. The van der Waals surface area contributed by atoms with Crippen molar-refractivity contribution in [2.75, 3.05) is 19.7 Å². The highest BCUT2D eigenvalue weighted by Gasteiger charge is 2.45. The number of carbonyl (C=O) groups excluding carboxylic acids is 2. The van der Waals surface area contributed by atoms with Crippen LogP contribution in [-0.2, 0) is 19.1 Å². The SMILES string of the molecule is CC1(C)OCC(C)(C)[C@H](C(=O)NCC[C@@H](O)C(=O)NCC2CCCCC2)O1. The van der Waals surface area contributed by atoms with Gasteiger partial charge in [0.25, 0.3) is 0 Å². The lowest BCUT2D eigenvalue weighted by Gasteiger charge is -2.44. The lowest BCUT2D eigenvalue weighted by atomic mass is 9.85. The van der Waals surface area contributed by atoms with E-state index in [-0.39, 0.29) is 24.8 Å². The molecule has 1 saturated heterocycles. The second kappa shape index (κ2) is 9.34. The summed E-state index contributed by atoms with van der Waals surface area (Å²) in [4.78, 5) is 24.5. The lowest BCUT2D eigenvalue weighted by molar-refractivity contribution is -0.304. The van der Waals surface area contributed by atoms with Crippen LogP contribution < -0.4 is 10.6 Å². The third-order valence-electron chi connectivity index (χ3n) is 5.45. The maximum absolute atomic E-state index is 12.5. The monoisotopic (exact) mass is 384 g/mol. The van der Waals surface area contributed by atoms with E-state index in [0.29, 0.717) is 19.1 Å². The molecule has 2 rings (SSSR count). The van der Waals surface area contributed by atoms with Crippen molar-refractivity contribution in [3.05, 3.63) is 0 Å². The van der Waals surface area contributed by atoms with Crippen LogP contribution in [0.2, 0.25) is 0 Å². The second-order valence-corrected chi connectivity index (χ2v) is 9.02. The Morgan fingerprint density at radius 3 is 2.44 bits per heavy atom. The molecule has 2 amide bonds. The predicted molar refractivity (Wildman–Crippen MR) is 102 cm³/mol. The number of amides is 2. The summed E-state index contributed by atoms with van der Waals surface area (Å²) in [6.07, 6.45) is 4.42. The Hall–Kier alpha value is -1.18. The van der Waals surface area contributed by atoms with Gasteiger partial charge in [0.15, 0.2) is 5.79 Å². The van der Waals surface area contributed by atoms with Crippen LogP contribution in [0.15, 0.2) is 0 Å². The number of hydrogen-bond donors (Lipinski definition) is 3. The highest BCUT2D eigenvalue weighted by atomic mass is 16.7. The first-order chi connectivity index (χ1) is 12.6. The number of aliphatic hydroxyl groups excluding tert-OH is 1. The van der Waals surface area contributed by atoms with E-state index >= 15 is 0 Å². The minimum absolute atomic E-state index is 0.176. The van der Waals surface area contributed by atoms with E-state index in [1.165, 1.54) is 19.3 Å². The molecule has 2 atom stereocenters. The number of rotatable bonds is 7. The van der Waals surface area contributed by atoms with Gasteiger partial charge in [-0.1, -0.05) is 33.1 Å². The summed E-state index contributed by atoms with van der Waals surface area (Å²) in [5, 5.41) is 15.7. The molecule has 0 spiro atoms. The van der Waals surface area contributed by atoms with E-state index in [2.05, 4.69) is 10.6 Å². The Morgan fingerprint density at radius 2 is 1.78 bits per heavy atom. The van der Waals surface area contributed by atoms with Crippen LogP contribution in [0, 0.1) is 11.3 Å². The van der Waals surface area contributed by atoms with Crippen molar-refractivity contribution in [1.82, 2.24) is 10.6 Å². The number of ether oxygens (including phenoxy) is 2. The number of nitrogens with one attached hydrogen (secondary N) is 2. The van der Waals surface area contributed by atoms with Crippen LogP contribution in [0.4, 0.5) is 0 Å². The number of aliphatic hydroxyl groups is 1. The Morgan fingerprint density at radius 1 is 1.11 bits per heavy atom. The molecule has 0 bridgehead atoms. The maximum atomic E-state index is 12.5. The van der Waals surface area contributed by atoms with Gasteiger partial charge in [0.1, 0.15) is 12.2 Å². The van der Waals surface area contributed by atoms with Gasteiger partial charge in [-0.2, -0.15) is 0 Å². The van der Waals surface area contributed by atoms with Gasteiger partial charge in [0.05, 0.1) is 6.61 Å². The van der Waals surface area contributed by atoms with Crippen molar-refractivity contribution in [2.45, 2.75) is 84.2 Å². The summed E-state index contributed by atoms with van der Waals surface area (Å²) >= 11 is 0. The average molecular weight is 385 g/mol. The Balaban J connectivity index is 1.70. The Bertz CT molecular complexity index is 515. The molecule has 2 fully saturated rings. The summed E-state index contributed by atoms with van der Waals surface area (Å²) in [6.45, 7) is 8.66. The molecular formula is C20H36N2O5. The van der Waals surface area contributed by atoms with Gasteiger partial charge in [0.2, 0.25) is 11.8 Å². The maximum Gasteiger partial charge on any atom is 0.249 e. The average Bonchev–Trinajstić information content (AvgIpc) is 2.62. The quantitative estimate of drug-likeness (QED) is 0.621. The van der Waals surface area contributed by atoms with E-state index in [4.69, 9.17) is 9.47 Å². The summed E-state index contributed by atoms with van der Waals surface area (Å²) in [6, 6.07) is 0. The molecule has 1 aliphatic carbocycles. The van der Waals surface area contributed by atoms with Crippen LogP contribution >= 0.6 is 0 Å². The van der Waals surface area contributed by atoms with Crippen LogP contribution in [0.5, 0.6) is 0 Å². The summed E-state index contributed by atoms with van der Waals surface area (Å²) in [5.41, 5.74) is -0.449. The topological polar surface area (TPSA) is 96.9 Å². The zero-order valence-corrected chi connectivity index (χ0v) is 17.2. The third kappa shape index (κ3) is 6.73. The largest absolute Gasteiger partial charge is 0.383 e. The van der Waals surface area contributed by atoms with Crippen molar-refractivity contribution in [1.29, 1.82) is 0 Å². The van der Waals surface area contributed by atoms with Gasteiger partial charge in [-0.25, -0.2) is 0 Å². The van der Waals surface area contributed by atoms with Gasteiger partial charge in [-0.3, -0.25) is 9.59 Å².